The second kappa shape index (κ2) is 12.9. The molecule has 2 N–H and O–H groups in total. The molecule has 38 heavy (non-hydrogen) atoms. The molecule has 1 aliphatic heterocycles. The van der Waals surface area contributed by atoms with Crippen LogP contribution in [-0.2, 0) is 66.8 Å². The summed E-state index contributed by atoms with van der Waals surface area (Å²) >= 11 is 0. The van der Waals surface area contributed by atoms with Gasteiger partial charge in [0.15, 0.2) is 18.3 Å². The number of halogens is 1. The van der Waals surface area contributed by atoms with Crippen LogP contribution < -0.4 is 5.32 Å². The Labute approximate surface area is 216 Å². The number of esters is 4. The minimum Gasteiger partial charge on any atom is -0.477 e. The highest BCUT2D eigenvalue weighted by Crippen LogP contribution is 2.39. The summed E-state index contributed by atoms with van der Waals surface area (Å²) in [5.74, 6) is -11.3. The summed E-state index contributed by atoms with van der Waals surface area (Å²) in [5, 5.41) is 12.0. The van der Waals surface area contributed by atoms with Crippen molar-refractivity contribution in [2.24, 2.45) is 0 Å². The number of hydrogen-bond donors (Lipinski definition) is 2. The number of carbonyl (C=O) groups excluding carboxylic acids is 5. The molecule has 1 rings (SSSR count). The number of ether oxygens (including phenoxy) is 5. The lowest BCUT2D eigenvalue weighted by atomic mass is 9.86. The van der Waals surface area contributed by atoms with Gasteiger partial charge in [-0.05, 0) is 0 Å². The van der Waals surface area contributed by atoms with Crippen LogP contribution in [-0.4, -0.2) is 105 Å². The van der Waals surface area contributed by atoms with Gasteiger partial charge in [0.05, 0.1) is 12.3 Å². The standard InChI is InChI=1S/C20H28FNO15S/c1-8(23)22-14-16(15(34-11(4)26)13(33-10(3)25)7-32-9(2)24)36-20(19(28)29,37-38(6,30)31)18(21)17(14)35-12(5)27/h13-18H,7H2,1-6H3,(H,22,23)(H,28,29)/t13-,14+,15-,16?,17?,18?,20-/m1/s1. The van der Waals surface area contributed by atoms with Crippen molar-refractivity contribution in [3.8, 4) is 0 Å². The first-order valence-electron chi connectivity index (χ1n) is 10.7. The van der Waals surface area contributed by atoms with E-state index in [0.717, 1.165) is 34.6 Å². The van der Waals surface area contributed by atoms with E-state index in [4.69, 9.17) is 23.7 Å². The molecule has 0 saturated carbocycles. The predicted molar refractivity (Wildman–Crippen MR) is 117 cm³/mol. The summed E-state index contributed by atoms with van der Waals surface area (Å²) < 4.78 is 69.3. The summed E-state index contributed by atoms with van der Waals surface area (Å²) in [4.78, 5) is 71.2. The summed E-state index contributed by atoms with van der Waals surface area (Å²) in [7, 11) is -4.82. The molecule has 0 bridgehead atoms. The molecule has 1 saturated heterocycles. The minimum atomic E-state index is -4.82. The molecule has 18 heteroatoms. The molecule has 1 heterocycles. The number of alkyl halides is 1. The van der Waals surface area contributed by atoms with Crippen molar-refractivity contribution < 1.29 is 74.5 Å². The van der Waals surface area contributed by atoms with Crippen molar-refractivity contribution in [1.82, 2.24) is 5.32 Å². The van der Waals surface area contributed by atoms with E-state index in [1.54, 1.807) is 0 Å². The van der Waals surface area contributed by atoms with Crippen LogP contribution in [0, 0.1) is 0 Å². The van der Waals surface area contributed by atoms with E-state index < -0.39 is 94.9 Å². The number of hydrogen-bond acceptors (Lipinski definition) is 14. The van der Waals surface area contributed by atoms with Crippen molar-refractivity contribution >= 4 is 45.9 Å². The Balaban J connectivity index is 3.95. The zero-order valence-corrected chi connectivity index (χ0v) is 21.9. The highest BCUT2D eigenvalue weighted by Gasteiger charge is 2.67. The Hall–Kier alpha value is -3.38. The van der Waals surface area contributed by atoms with Crippen molar-refractivity contribution in [3.63, 3.8) is 0 Å². The number of carbonyl (C=O) groups is 6. The van der Waals surface area contributed by atoms with Crippen LogP contribution in [0.3, 0.4) is 0 Å². The minimum absolute atomic E-state index is 0.370. The fourth-order valence-corrected chi connectivity index (χ4v) is 4.22. The first-order valence-corrected chi connectivity index (χ1v) is 12.5. The maximum atomic E-state index is 15.8. The third-order valence-electron chi connectivity index (χ3n) is 4.68. The summed E-state index contributed by atoms with van der Waals surface area (Å²) in [6.07, 6.45) is -11.0. The van der Waals surface area contributed by atoms with Crippen LogP contribution in [0.5, 0.6) is 0 Å². The molecule has 0 spiro atoms. The van der Waals surface area contributed by atoms with Gasteiger partial charge in [-0.1, -0.05) is 0 Å². The molecule has 1 fully saturated rings. The zero-order chi connectivity index (χ0) is 29.6. The van der Waals surface area contributed by atoms with Crippen LogP contribution in [0.1, 0.15) is 34.6 Å². The number of rotatable bonds is 11. The van der Waals surface area contributed by atoms with E-state index >= 15 is 4.39 Å². The van der Waals surface area contributed by atoms with E-state index in [2.05, 4.69) is 9.50 Å². The van der Waals surface area contributed by atoms with Gasteiger partial charge < -0.3 is 34.1 Å². The second-order valence-electron chi connectivity index (χ2n) is 8.07. The van der Waals surface area contributed by atoms with Crippen molar-refractivity contribution in [3.05, 3.63) is 0 Å². The van der Waals surface area contributed by atoms with Gasteiger partial charge in [0, 0.05) is 34.6 Å². The highest BCUT2D eigenvalue weighted by atomic mass is 32.2. The quantitative estimate of drug-likeness (QED) is 0.160. The Morgan fingerprint density at radius 1 is 0.974 bits per heavy atom. The van der Waals surface area contributed by atoms with Crippen molar-refractivity contribution in [2.45, 2.75) is 77.0 Å². The Morgan fingerprint density at radius 2 is 1.53 bits per heavy atom. The smallest absolute Gasteiger partial charge is 0.369 e. The van der Waals surface area contributed by atoms with E-state index in [1.807, 2.05) is 0 Å². The fourth-order valence-electron chi connectivity index (χ4n) is 3.57. The number of carboxylic acids is 1. The molecule has 1 amide bonds. The first kappa shape index (κ1) is 32.6. The molecular formula is C20H28FNO15S. The van der Waals surface area contributed by atoms with Gasteiger partial charge in [-0.3, -0.25) is 24.0 Å². The Bertz CT molecular complexity index is 1060. The molecule has 0 aromatic heterocycles. The maximum Gasteiger partial charge on any atom is 0.369 e. The van der Waals surface area contributed by atoms with Gasteiger partial charge in [-0.15, -0.1) is 0 Å². The summed E-state index contributed by atoms with van der Waals surface area (Å²) in [5.41, 5.74) is 0. The average molecular weight is 574 g/mol. The molecular weight excluding hydrogens is 545 g/mol. The van der Waals surface area contributed by atoms with E-state index in [-0.39, 0.29) is 0 Å². The van der Waals surface area contributed by atoms with Gasteiger partial charge in [-0.2, -0.15) is 8.42 Å². The van der Waals surface area contributed by atoms with E-state index in [0.29, 0.717) is 6.26 Å². The lowest BCUT2D eigenvalue weighted by Gasteiger charge is -2.49. The van der Waals surface area contributed by atoms with Crippen molar-refractivity contribution in [1.29, 1.82) is 0 Å². The average Bonchev–Trinajstić information content (AvgIpc) is 2.72. The largest absolute Gasteiger partial charge is 0.477 e. The Morgan fingerprint density at radius 3 is 1.92 bits per heavy atom. The van der Waals surface area contributed by atoms with Gasteiger partial charge in [0.25, 0.3) is 10.1 Å². The lowest BCUT2D eigenvalue weighted by molar-refractivity contribution is -0.311. The lowest BCUT2D eigenvalue weighted by Crippen LogP contribution is -2.74. The molecule has 16 nitrogen and oxygen atoms in total. The third-order valence-corrected chi connectivity index (χ3v) is 5.23. The molecule has 3 unspecified atom stereocenters. The zero-order valence-electron chi connectivity index (χ0n) is 21.1. The van der Waals surface area contributed by atoms with Crippen LogP contribution in [0.4, 0.5) is 4.39 Å². The number of carboxylic acid groups (broad SMARTS) is 1. The molecule has 1 aliphatic rings. The molecule has 216 valence electrons. The fraction of sp³-hybridized carbons (Fsp3) is 0.700. The first-order chi connectivity index (χ1) is 17.3. The van der Waals surface area contributed by atoms with Crippen LogP contribution in [0.25, 0.3) is 0 Å². The SMILES string of the molecule is CC(=O)N[C@@H]1C(OC(C)=O)C(F)[C@@](OS(C)(=O)=O)(C(=O)O)OC1[C@H](OC(C)=O)[C@@H](COC(C)=O)OC(C)=O. The van der Waals surface area contributed by atoms with Gasteiger partial charge >= 0.3 is 35.6 Å². The number of aliphatic carboxylic acids is 1. The predicted octanol–water partition coefficient (Wildman–Crippen LogP) is -1.66. The molecule has 0 radical (unpaired) electrons. The highest BCUT2D eigenvalue weighted by molar-refractivity contribution is 7.86. The topological polar surface area (TPSA) is 224 Å². The second-order valence-corrected chi connectivity index (χ2v) is 9.64. The normalized spacial score (nSPS) is 26.7. The summed E-state index contributed by atoms with van der Waals surface area (Å²) in [6, 6.07) is -1.90. The van der Waals surface area contributed by atoms with Gasteiger partial charge in [0.2, 0.25) is 12.1 Å². The number of amides is 1. The van der Waals surface area contributed by atoms with Crippen LogP contribution in [0.2, 0.25) is 0 Å². The molecule has 0 aromatic carbocycles. The van der Waals surface area contributed by atoms with Gasteiger partial charge in [0.1, 0.15) is 12.7 Å². The molecule has 0 aliphatic carbocycles. The third kappa shape index (κ3) is 8.88. The van der Waals surface area contributed by atoms with E-state index in [9.17, 15) is 42.3 Å². The van der Waals surface area contributed by atoms with E-state index in [1.165, 1.54) is 0 Å². The molecule has 0 aromatic rings. The molecule has 7 atom stereocenters. The number of nitrogens with one attached hydrogen (secondary N) is 1. The van der Waals surface area contributed by atoms with Crippen molar-refractivity contribution in [2.75, 3.05) is 12.9 Å². The Kier molecular flexibility index (Phi) is 11.1. The van der Waals surface area contributed by atoms with Crippen LogP contribution >= 0.6 is 0 Å². The monoisotopic (exact) mass is 573 g/mol. The maximum absolute atomic E-state index is 15.8. The van der Waals surface area contributed by atoms with Gasteiger partial charge in [-0.25, -0.2) is 13.4 Å². The van der Waals surface area contributed by atoms with Crippen LogP contribution in [0.15, 0.2) is 0 Å². The summed E-state index contributed by atoms with van der Waals surface area (Å²) in [6.45, 7) is 3.65.